The molecule has 0 fully saturated rings. The number of benzene rings is 1. The first kappa shape index (κ1) is 15.2. The predicted molar refractivity (Wildman–Crippen MR) is 81.3 cm³/mol. The molecule has 20 heavy (non-hydrogen) atoms. The molecular weight excluding hydrogens is 322 g/mol. The van der Waals surface area contributed by atoms with E-state index in [9.17, 15) is 4.79 Å². The van der Waals surface area contributed by atoms with Gasteiger partial charge in [0.25, 0.3) is 0 Å². The number of fused-ring (bicyclic) bond motifs is 1. The van der Waals surface area contributed by atoms with Crippen molar-refractivity contribution in [3.63, 3.8) is 0 Å². The molecule has 1 N–H and O–H groups in total. The van der Waals surface area contributed by atoms with Crippen molar-refractivity contribution in [2.75, 3.05) is 19.8 Å². The normalized spacial score (nSPS) is 13.4. The van der Waals surface area contributed by atoms with Gasteiger partial charge < -0.3 is 14.8 Å². The number of rotatable bonds is 5. The predicted octanol–water partition coefficient (Wildman–Crippen LogP) is 2.93. The summed E-state index contributed by atoms with van der Waals surface area (Å²) in [5.41, 5.74) is 0.913. The molecule has 1 aliphatic heterocycles. The molecule has 1 amide bonds. The largest absolute Gasteiger partial charge is 0.486 e. The average molecular weight is 342 g/mol. The number of carbonyl (C=O) groups excluding carboxylic acids is 1. The van der Waals surface area contributed by atoms with Gasteiger partial charge in [0.1, 0.15) is 13.2 Å². The minimum absolute atomic E-state index is 0.0306. The van der Waals surface area contributed by atoms with Gasteiger partial charge >= 0.3 is 0 Å². The zero-order valence-corrected chi connectivity index (χ0v) is 13.5. The summed E-state index contributed by atoms with van der Waals surface area (Å²) in [6.45, 7) is 6.12. The van der Waals surface area contributed by atoms with E-state index in [-0.39, 0.29) is 5.91 Å². The number of nitrogens with one attached hydrogen (secondary N) is 1. The zero-order valence-electron chi connectivity index (χ0n) is 11.9. The van der Waals surface area contributed by atoms with Crippen LogP contribution in [-0.4, -0.2) is 25.7 Å². The Kier molecular flexibility index (Phi) is 5.29. The second kappa shape index (κ2) is 6.97. The van der Waals surface area contributed by atoms with E-state index in [4.69, 9.17) is 9.47 Å². The topological polar surface area (TPSA) is 47.6 Å². The number of ether oxygens (including phenoxy) is 2. The molecule has 110 valence electrons. The Bertz CT molecular complexity index is 488. The van der Waals surface area contributed by atoms with E-state index in [1.54, 1.807) is 0 Å². The summed E-state index contributed by atoms with van der Waals surface area (Å²) in [6, 6.07) is 3.74. The van der Waals surface area contributed by atoms with Crippen molar-refractivity contribution in [2.24, 2.45) is 5.92 Å². The molecule has 0 saturated carbocycles. The summed E-state index contributed by atoms with van der Waals surface area (Å²) in [5, 5.41) is 2.94. The first-order valence-electron chi connectivity index (χ1n) is 6.91. The van der Waals surface area contributed by atoms with E-state index in [0.717, 1.165) is 28.8 Å². The molecule has 0 aromatic heterocycles. The number of hydrogen-bond donors (Lipinski definition) is 1. The summed E-state index contributed by atoms with van der Waals surface area (Å²) in [4.78, 5) is 11.9. The van der Waals surface area contributed by atoms with Crippen LogP contribution in [0.3, 0.4) is 0 Å². The highest BCUT2D eigenvalue weighted by Crippen LogP contribution is 2.35. The van der Waals surface area contributed by atoms with Crippen LogP contribution in [0.25, 0.3) is 0 Å². The molecule has 1 aliphatic rings. The second-order valence-electron chi connectivity index (χ2n) is 5.30. The Morgan fingerprint density at radius 3 is 2.60 bits per heavy atom. The third-order valence-corrected chi connectivity index (χ3v) is 3.84. The molecular formula is C15H20BrNO3. The lowest BCUT2D eigenvalue weighted by Crippen LogP contribution is -2.27. The third kappa shape index (κ3) is 4.13. The third-order valence-electron chi connectivity index (χ3n) is 3.11. The second-order valence-corrected chi connectivity index (χ2v) is 6.15. The van der Waals surface area contributed by atoms with Crippen LogP contribution in [0.5, 0.6) is 11.5 Å². The highest BCUT2D eigenvalue weighted by Gasteiger charge is 2.16. The lowest BCUT2D eigenvalue weighted by molar-refractivity contribution is -0.120. The van der Waals surface area contributed by atoms with Crippen molar-refractivity contribution in [3.05, 3.63) is 22.2 Å². The fraction of sp³-hybridized carbons (Fsp3) is 0.533. The Labute approximate surface area is 128 Å². The van der Waals surface area contributed by atoms with Gasteiger partial charge in [-0.1, -0.05) is 29.8 Å². The maximum Gasteiger partial charge on any atom is 0.224 e. The van der Waals surface area contributed by atoms with E-state index in [0.29, 0.717) is 31.3 Å². The van der Waals surface area contributed by atoms with Crippen molar-refractivity contribution in [3.8, 4) is 11.5 Å². The van der Waals surface area contributed by atoms with Crippen molar-refractivity contribution in [1.29, 1.82) is 0 Å². The minimum Gasteiger partial charge on any atom is -0.486 e. The summed E-state index contributed by atoms with van der Waals surface area (Å²) >= 11 is 3.48. The van der Waals surface area contributed by atoms with Crippen LogP contribution in [0.2, 0.25) is 0 Å². The zero-order chi connectivity index (χ0) is 14.5. The smallest absolute Gasteiger partial charge is 0.224 e. The van der Waals surface area contributed by atoms with Crippen LogP contribution >= 0.6 is 15.9 Å². The first-order chi connectivity index (χ1) is 9.56. The summed E-state index contributed by atoms with van der Waals surface area (Å²) in [5.74, 6) is 2.07. The molecule has 5 heteroatoms. The Balaban J connectivity index is 1.96. The maximum absolute atomic E-state index is 11.9. The lowest BCUT2D eigenvalue weighted by atomic mass is 10.1. The van der Waals surface area contributed by atoms with Gasteiger partial charge in [0, 0.05) is 11.0 Å². The standard InChI is InChI=1S/C15H20BrNO3/c1-10(2)3-4-17-15(18)8-11-7-13-14(9-12(11)16)20-6-5-19-13/h7,9-10H,3-6,8H2,1-2H3,(H,17,18). The Morgan fingerprint density at radius 1 is 1.30 bits per heavy atom. The SMILES string of the molecule is CC(C)CCNC(=O)Cc1cc2c(cc1Br)OCCO2. The maximum atomic E-state index is 11.9. The fourth-order valence-electron chi connectivity index (χ4n) is 1.98. The van der Waals surface area contributed by atoms with Gasteiger partial charge in [-0.15, -0.1) is 0 Å². The molecule has 2 rings (SSSR count). The summed E-state index contributed by atoms with van der Waals surface area (Å²) < 4.78 is 11.9. The molecule has 0 atom stereocenters. The number of hydrogen-bond acceptors (Lipinski definition) is 3. The van der Waals surface area contributed by atoms with E-state index in [1.165, 1.54) is 0 Å². The van der Waals surface area contributed by atoms with Gasteiger partial charge in [0.2, 0.25) is 5.91 Å². The van der Waals surface area contributed by atoms with Crippen molar-refractivity contribution >= 4 is 21.8 Å². The minimum atomic E-state index is 0.0306. The van der Waals surface area contributed by atoms with Crippen LogP contribution < -0.4 is 14.8 Å². The molecule has 0 bridgehead atoms. The van der Waals surface area contributed by atoms with Crippen molar-refractivity contribution in [2.45, 2.75) is 26.7 Å². The van der Waals surface area contributed by atoms with Crippen LogP contribution in [0.1, 0.15) is 25.8 Å². The number of amides is 1. The molecule has 1 aromatic rings. The molecule has 0 spiro atoms. The van der Waals surface area contributed by atoms with Gasteiger partial charge in [-0.05, 0) is 30.0 Å². The van der Waals surface area contributed by atoms with Crippen LogP contribution in [-0.2, 0) is 11.2 Å². The van der Waals surface area contributed by atoms with Gasteiger partial charge in [-0.3, -0.25) is 4.79 Å². The molecule has 1 aromatic carbocycles. The lowest BCUT2D eigenvalue weighted by Gasteiger charge is -2.19. The van der Waals surface area contributed by atoms with Crippen molar-refractivity contribution in [1.82, 2.24) is 5.32 Å². The van der Waals surface area contributed by atoms with Gasteiger partial charge in [0.15, 0.2) is 11.5 Å². The molecule has 1 heterocycles. The number of halogens is 1. The first-order valence-corrected chi connectivity index (χ1v) is 7.70. The van der Waals surface area contributed by atoms with Crippen LogP contribution in [0.15, 0.2) is 16.6 Å². The molecule has 0 radical (unpaired) electrons. The van der Waals surface area contributed by atoms with E-state index in [2.05, 4.69) is 35.1 Å². The fourth-order valence-corrected chi connectivity index (χ4v) is 2.44. The van der Waals surface area contributed by atoms with Gasteiger partial charge in [0.05, 0.1) is 6.42 Å². The van der Waals surface area contributed by atoms with E-state index in [1.807, 2.05) is 12.1 Å². The van der Waals surface area contributed by atoms with E-state index >= 15 is 0 Å². The summed E-state index contributed by atoms with van der Waals surface area (Å²) in [6.07, 6.45) is 1.34. The number of carbonyl (C=O) groups is 1. The Morgan fingerprint density at radius 2 is 1.95 bits per heavy atom. The highest BCUT2D eigenvalue weighted by molar-refractivity contribution is 9.10. The average Bonchev–Trinajstić information content (AvgIpc) is 2.39. The summed E-state index contributed by atoms with van der Waals surface area (Å²) in [7, 11) is 0. The van der Waals surface area contributed by atoms with Crippen LogP contribution in [0, 0.1) is 5.92 Å². The Hall–Kier alpha value is -1.23. The van der Waals surface area contributed by atoms with Gasteiger partial charge in [-0.2, -0.15) is 0 Å². The molecule has 0 saturated heterocycles. The van der Waals surface area contributed by atoms with E-state index < -0.39 is 0 Å². The molecule has 0 aliphatic carbocycles. The molecule has 4 nitrogen and oxygen atoms in total. The highest BCUT2D eigenvalue weighted by atomic mass is 79.9. The van der Waals surface area contributed by atoms with Crippen LogP contribution in [0.4, 0.5) is 0 Å². The quantitative estimate of drug-likeness (QED) is 0.895. The van der Waals surface area contributed by atoms with Gasteiger partial charge in [-0.25, -0.2) is 0 Å². The molecule has 0 unspecified atom stereocenters. The monoisotopic (exact) mass is 341 g/mol. The van der Waals surface area contributed by atoms with Crippen molar-refractivity contribution < 1.29 is 14.3 Å².